The highest BCUT2D eigenvalue weighted by molar-refractivity contribution is 6.31. The Kier molecular flexibility index (Phi) is 6.01. The van der Waals surface area contributed by atoms with Gasteiger partial charge in [-0.1, -0.05) is 37.8 Å². The fraction of sp³-hybridized carbons (Fsp3) is 0.412. The summed E-state index contributed by atoms with van der Waals surface area (Å²) < 4.78 is 6.96. The molecule has 0 aliphatic rings. The Morgan fingerprint density at radius 1 is 1.32 bits per heavy atom. The Hall–Kier alpha value is -1.81. The Labute approximate surface area is 135 Å². The first-order chi connectivity index (χ1) is 10.7. The summed E-state index contributed by atoms with van der Waals surface area (Å²) in [5.41, 5.74) is 1.32. The van der Waals surface area contributed by atoms with Gasteiger partial charge in [0, 0.05) is 27.7 Å². The van der Waals surface area contributed by atoms with Crippen LogP contribution in [0.2, 0.25) is 5.02 Å². The van der Waals surface area contributed by atoms with E-state index < -0.39 is 0 Å². The van der Waals surface area contributed by atoms with E-state index in [2.05, 4.69) is 6.92 Å². The lowest BCUT2D eigenvalue weighted by molar-refractivity contribution is -0.144. The van der Waals surface area contributed by atoms with Gasteiger partial charge in [-0.25, -0.2) is 0 Å². The van der Waals surface area contributed by atoms with Gasteiger partial charge in [0.05, 0.1) is 6.61 Å². The molecule has 0 saturated carbocycles. The number of nitrogens with zero attached hydrogens (tertiary/aromatic N) is 1. The number of carbonyl (C=O) groups is 2. The molecule has 1 heterocycles. The van der Waals surface area contributed by atoms with Crippen molar-refractivity contribution in [2.24, 2.45) is 0 Å². The fourth-order valence-electron chi connectivity index (χ4n) is 2.42. The second-order valence-corrected chi connectivity index (χ2v) is 5.71. The van der Waals surface area contributed by atoms with Gasteiger partial charge >= 0.3 is 5.97 Å². The van der Waals surface area contributed by atoms with E-state index in [9.17, 15) is 9.59 Å². The summed E-state index contributed by atoms with van der Waals surface area (Å²) in [6.45, 7) is 2.68. The van der Waals surface area contributed by atoms with Crippen LogP contribution in [0.4, 0.5) is 0 Å². The smallest absolute Gasteiger partial charge is 0.325 e. The van der Waals surface area contributed by atoms with Crippen molar-refractivity contribution < 1.29 is 14.3 Å². The van der Waals surface area contributed by atoms with Crippen LogP contribution in [0.3, 0.4) is 0 Å². The number of carbonyl (C=O) groups excluding carboxylic acids is 2. The maximum atomic E-state index is 11.9. The molecule has 5 heteroatoms. The van der Waals surface area contributed by atoms with Crippen LogP contribution in [-0.4, -0.2) is 23.4 Å². The molecule has 0 atom stereocenters. The zero-order chi connectivity index (χ0) is 15.9. The second-order valence-electron chi connectivity index (χ2n) is 5.27. The maximum Gasteiger partial charge on any atom is 0.325 e. The molecular weight excluding hydrogens is 302 g/mol. The van der Waals surface area contributed by atoms with E-state index in [1.165, 1.54) is 0 Å². The van der Waals surface area contributed by atoms with Gasteiger partial charge in [0.1, 0.15) is 6.54 Å². The lowest BCUT2D eigenvalue weighted by atomic mass is 10.2. The third-order valence-corrected chi connectivity index (χ3v) is 3.80. The molecule has 0 amide bonds. The van der Waals surface area contributed by atoms with Crippen molar-refractivity contribution in [2.75, 3.05) is 6.61 Å². The van der Waals surface area contributed by atoms with Crippen molar-refractivity contribution in [2.45, 2.75) is 39.2 Å². The maximum absolute atomic E-state index is 11.9. The molecular formula is C17H20ClNO3. The third-order valence-electron chi connectivity index (χ3n) is 3.56. The Balaban J connectivity index is 2.02. The van der Waals surface area contributed by atoms with Crippen LogP contribution in [0, 0.1) is 0 Å². The van der Waals surface area contributed by atoms with Crippen molar-refractivity contribution in [1.29, 1.82) is 0 Å². The summed E-state index contributed by atoms with van der Waals surface area (Å²) in [6, 6.07) is 5.28. The third kappa shape index (κ3) is 4.10. The number of rotatable bonds is 8. The Bertz CT molecular complexity index is 663. The predicted octanol–water partition coefficient (Wildman–Crippen LogP) is 4.23. The molecule has 1 aromatic carbocycles. The lowest BCUT2D eigenvalue weighted by Gasteiger charge is -2.07. The lowest BCUT2D eigenvalue weighted by Crippen LogP contribution is -2.13. The van der Waals surface area contributed by atoms with Crippen molar-refractivity contribution in [3.63, 3.8) is 0 Å². The number of hydrogen-bond acceptors (Lipinski definition) is 3. The minimum atomic E-state index is -0.291. The van der Waals surface area contributed by atoms with Crippen molar-refractivity contribution in [3.8, 4) is 0 Å². The van der Waals surface area contributed by atoms with Crippen LogP contribution in [0.5, 0.6) is 0 Å². The Morgan fingerprint density at radius 3 is 2.86 bits per heavy atom. The van der Waals surface area contributed by atoms with E-state index in [-0.39, 0.29) is 12.5 Å². The van der Waals surface area contributed by atoms with E-state index in [1.54, 1.807) is 29.0 Å². The largest absolute Gasteiger partial charge is 0.464 e. The molecule has 118 valence electrons. The monoisotopic (exact) mass is 321 g/mol. The summed E-state index contributed by atoms with van der Waals surface area (Å²) in [5, 5.41) is 1.31. The van der Waals surface area contributed by atoms with E-state index in [0.717, 1.165) is 42.9 Å². The molecule has 0 aliphatic heterocycles. The number of esters is 1. The highest BCUT2D eigenvalue weighted by Crippen LogP contribution is 2.24. The SMILES string of the molecule is CCCCCCOC(=O)Cn1cc(C=O)c2cc(Cl)ccc21. The minimum absolute atomic E-state index is 0.0970. The summed E-state index contributed by atoms with van der Waals surface area (Å²) in [4.78, 5) is 23.0. The molecule has 0 N–H and O–H groups in total. The van der Waals surface area contributed by atoms with E-state index in [0.29, 0.717) is 17.2 Å². The molecule has 0 bridgehead atoms. The zero-order valence-electron chi connectivity index (χ0n) is 12.7. The Morgan fingerprint density at radius 2 is 2.14 bits per heavy atom. The number of benzene rings is 1. The number of halogens is 1. The number of fused-ring (bicyclic) bond motifs is 1. The van der Waals surface area contributed by atoms with Gasteiger partial charge in [-0.3, -0.25) is 9.59 Å². The van der Waals surface area contributed by atoms with E-state index in [4.69, 9.17) is 16.3 Å². The first-order valence-corrected chi connectivity index (χ1v) is 7.92. The number of unbranched alkanes of at least 4 members (excludes halogenated alkanes) is 3. The zero-order valence-corrected chi connectivity index (χ0v) is 13.4. The van der Waals surface area contributed by atoms with Crippen molar-refractivity contribution in [1.82, 2.24) is 4.57 Å². The van der Waals surface area contributed by atoms with Gasteiger partial charge in [0.2, 0.25) is 0 Å². The van der Waals surface area contributed by atoms with Crippen molar-refractivity contribution >= 4 is 34.8 Å². The first kappa shape index (κ1) is 16.6. The summed E-state index contributed by atoms with van der Waals surface area (Å²) in [6.07, 6.45) is 6.70. The van der Waals surface area contributed by atoms with Crippen LogP contribution < -0.4 is 0 Å². The average Bonchev–Trinajstić information content (AvgIpc) is 2.84. The quantitative estimate of drug-likeness (QED) is 0.415. The molecule has 0 aliphatic carbocycles. The molecule has 0 spiro atoms. The molecule has 2 rings (SSSR count). The average molecular weight is 322 g/mol. The molecule has 0 unspecified atom stereocenters. The van der Waals surface area contributed by atoms with Gasteiger partial charge in [-0.2, -0.15) is 0 Å². The van der Waals surface area contributed by atoms with Gasteiger partial charge in [-0.15, -0.1) is 0 Å². The fourth-order valence-corrected chi connectivity index (χ4v) is 2.59. The normalized spacial score (nSPS) is 10.8. The molecule has 0 fully saturated rings. The van der Waals surface area contributed by atoms with Crippen LogP contribution in [0.25, 0.3) is 10.9 Å². The molecule has 22 heavy (non-hydrogen) atoms. The van der Waals surface area contributed by atoms with Crippen LogP contribution >= 0.6 is 11.6 Å². The molecule has 0 radical (unpaired) electrons. The molecule has 0 saturated heterocycles. The van der Waals surface area contributed by atoms with Gasteiger partial charge in [-0.05, 0) is 24.6 Å². The standard InChI is InChI=1S/C17H20ClNO3/c1-2-3-4-5-8-22-17(21)11-19-10-13(12-20)15-9-14(18)6-7-16(15)19/h6-7,9-10,12H,2-5,8,11H2,1H3. The number of aromatic nitrogens is 1. The minimum Gasteiger partial charge on any atom is -0.464 e. The van der Waals surface area contributed by atoms with Crippen LogP contribution in [0.15, 0.2) is 24.4 Å². The van der Waals surface area contributed by atoms with Gasteiger partial charge in [0.15, 0.2) is 6.29 Å². The van der Waals surface area contributed by atoms with Gasteiger partial charge in [0.25, 0.3) is 0 Å². The molecule has 1 aromatic heterocycles. The van der Waals surface area contributed by atoms with Gasteiger partial charge < -0.3 is 9.30 Å². The highest BCUT2D eigenvalue weighted by atomic mass is 35.5. The highest BCUT2D eigenvalue weighted by Gasteiger charge is 2.12. The number of aldehydes is 1. The van der Waals surface area contributed by atoms with Crippen LogP contribution in [0.1, 0.15) is 43.0 Å². The molecule has 2 aromatic rings. The topological polar surface area (TPSA) is 48.3 Å². The van der Waals surface area contributed by atoms with Crippen molar-refractivity contribution in [3.05, 3.63) is 35.0 Å². The molecule has 4 nitrogen and oxygen atoms in total. The number of hydrogen-bond donors (Lipinski definition) is 0. The van der Waals surface area contributed by atoms with Crippen LogP contribution in [-0.2, 0) is 16.1 Å². The first-order valence-electron chi connectivity index (χ1n) is 7.55. The second kappa shape index (κ2) is 7.99. The summed E-state index contributed by atoms with van der Waals surface area (Å²) in [7, 11) is 0. The number of ether oxygens (including phenoxy) is 1. The summed E-state index contributed by atoms with van der Waals surface area (Å²) in [5.74, 6) is -0.291. The predicted molar refractivity (Wildman–Crippen MR) is 87.4 cm³/mol. The van der Waals surface area contributed by atoms with E-state index >= 15 is 0 Å². The van der Waals surface area contributed by atoms with E-state index in [1.807, 2.05) is 0 Å². The summed E-state index contributed by atoms with van der Waals surface area (Å²) >= 11 is 5.96.